The number of hydrogen-bond donors (Lipinski definition) is 1. The Hall–Kier alpha value is 0.1000. The lowest BCUT2D eigenvalue weighted by Gasteiger charge is -2.07. The summed E-state index contributed by atoms with van der Waals surface area (Å²) in [6.07, 6.45) is 2.72. The van der Waals surface area contributed by atoms with Gasteiger partial charge < -0.3 is 10.1 Å². The molecule has 1 fully saturated rings. The summed E-state index contributed by atoms with van der Waals surface area (Å²) in [5, 5.41) is 3.38. The van der Waals surface area contributed by atoms with Crippen LogP contribution in [0.5, 0.6) is 0 Å². The van der Waals surface area contributed by atoms with Crippen molar-refractivity contribution in [1.82, 2.24) is 5.32 Å². The summed E-state index contributed by atoms with van der Waals surface area (Å²) in [4.78, 5) is 0. The summed E-state index contributed by atoms with van der Waals surface area (Å²) >= 11 is 6.97. The molecule has 0 saturated heterocycles. The summed E-state index contributed by atoms with van der Waals surface area (Å²) in [6.45, 7) is 3.57. The van der Waals surface area contributed by atoms with Crippen LogP contribution in [0.2, 0.25) is 0 Å². The standard InChI is InChI=1S/C13H17Br2NO/c14-12-4-3-11(7-13(12)15)8-16-5-6-17-9-10-1-2-10/h3-4,7,10,16H,1-2,5-6,8-9H2. The Morgan fingerprint density at radius 3 is 2.76 bits per heavy atom. The highest BCUT2D eigenvalue weighted by Crippen LogP contribution is 2.28. The minimum Gasteiger partial charge on any atom is -0.380 e. The highest BCUT2D eigenvalue weighted by atomic mass is 79.9. The van der Waals surface area contributed by atoms with Crippen LogP contribution in [0.3, 0.4) is 0 Å². The van der Waals surface area contributed by atoms with Crippen LogP contribution < -0.4 is 5.32 Å². The predicted molar refractivity (Wildman–Crippen MR) is 77.1 cm³/mol. The van der Waals surface area contributed by atoms with E-state index in [1.807, 2.05) is 0 Å². The quantitative estimate of drug-likeness (QED) is 0.746. The first kappa shape index (κ1) is 13.5. The molecule has 0 aromatic heterocycles. The van der Waals surface area contributed by atoms with Crippen molar-refractivity contribution in [2.24, 2.45) is 5.92 Å². The highest BCUT2D eigenvalue weighted by Gasteiger charge is 2.20. The molecule has 1 N–H and O–H groups in total. The third kappa shape index (κ3) is 5.08. The number of nitrogens with one attached hydrogen (secondary N) is 1. The maximum atomic E-state index is 5.56. The van der Waals surface area contributed by atoms with Crippen molar-refractivity contribution in [1.29, 1.82) is 0 Å². The van der Waals surface area contributed by atoms with Crippen LogP contribution in [0.25, 0.3) is 0 Å². The first-order valence-electron chi connectivity index (χ1n) is 5.98. The van der Waals surface area contributed by atoms with Gasteiger partial charge in [-0.25, -0.2) is 0 Å². The highest BCUT2D eigenvalue weighted by molar-refractivity contribution is 9.13. The van der Waals surface area contributed by atoms with Gasteiger partial charge >= 0.3 is 0 Å². The van der Waals surface area contributed by atoms with Crippen molar-refractivity contribution >= 4 is 31.9 Å². The molecular formula is C13H17Br2NO. The molecule has 0 bridgehead atoms. The van der Waals surface area contributed by atoms with Crippen LogP contribution in [0.4, 0.5) is 0 Å². The van der Waals surface area contributed by atoms with Gasteiger partial charge in [-0.3, -0.25) is 0 Å². The maximum absolute atomic E-state index is 5.56. The molecule has 1 saturated carbocycles. The molecular weight excluding hydrogens is 346 g/mol. The zero-order valence-electron chi connectivity index (χ0n) is 9.72. The molecule has 4 heteroatoms. The van der Waals surface area contributed by atoms with E-state index in [0.29, 0.717) is 0 Å². The molecule has 0 spiro atoms. The minimum atomic E-state index is 0.814. The summed E-state index contributed by atoms with van der Waals surface area (Å²) in [7, 11) is 0. The second-order valence-corrected chi connectivity index (χ2v) is 6.15. The molecule has 0 aliphatic heterocycles. The first-order valence-corrected chi connectivity index (χ1v) is 7.56. The van der Waals surface area contributed by atoms with Crippen molar-refractivity contribution in [3.8, 4) is 0 Å². The molecule has 1 aliphatic rings. The lowest BCUT2D eigenvalue weighted by molar-refractivity contribution is 0.126. The van der Waals surface area contributed by atoms with E-state index in [1.54, 1.807) is 0 Å². The summed E-state index contributed by atoms with van der Waals surface area (Å²) in [5.41, 5.74) is 1.28. The Bertz CT molecular complexity index is 366. The second-order valence-electron chi connectivity index (χ2n) is 4.44. The Morgan fingerprint density at radius 2 is 2.06 bits per heavy atom. The molecule has 0 amide bonds. The zero-order valence-corrected chi connectivity index (χ0v) is 12.9. The van der Waals surface area contributed by atoms with E-state index in [2.05, 4.69) is 55.4 Å². The fraction of sp³-hybridized carbons (Fsp3) is 0.538. The normalized spacial score (nSPS) is 15.2. The van der Waals surface area contributed by atoms with Crippen molar-refractivity contribution in [3.63, 3.8) is 0 Å². The van der Waals surface area contributed by atoms with E-state index in [1.165, 1.54) is 18.4 Å². The van der Waals surface area contributed by atoms with E-state index < -0.39 is 0 Å². The van der Waals surface area contributed by atoms with Crippen molar-refractivity contribution in [2.45, 2.75) is 19.4 Å². The van der Waals surface area contributed by atoms with E-state index in [4.69, 9.17) is 4.74 Å². The van der Waals surface area contributed by atoms with Gasteiger partial charge in [0, 0.05) is 28.6 Å². The molecule has 1 aliphatic carbocycles. The van der Waals surface area contributed by atoms with Crippen LogP contribution >= 0.6 is 31.9 Å². The number of ether oxygens (including phenoxy) is 1. The predicted octanol–water partition coefficient (Wildman–Crippen LogP) is 3.73. The SMILES string of the molecule is Brc1ccc(CNCCOCC2CC2)cc1Br. The number of rotatable bonds is 7. The first-order chi connectivity index (χ1) is 8.25. The third-order valence-electron chi connectivity index (χ3n) is 2.79. The Labute approximate surface area is 119 Å². The lowest BCUT2D eigenvalue weighted by atomic mass is 10.2. The average Bonchev–Trinajstić information content (AvgIpc) is 3.12. The van der Waals surface area contributed by atoms with Gasteiger partial charge in [-0.1, -0.05) is 6.07 Å². The van der Waals surface area contributed by atoms with Gasteiger partial charge in [0.05, 0.1) is 6.61 Å². The van der Waals surface area contributed by atoms with Gasteiger partial charge in [-0.15, -0.1) is 0 Å². The van der Waals surface area contributed by atoms with Gasteiger partial charge in [0.1, 0.15) is 0 Å². The second kappa shape index (κ2) is 6.88. The van der Waals surface area contributed by atoms with Gasteiger partial charge in [0.25, 0.3) is 0 Å². The number of hydrogen-bond acceptors (Lipinski definition) is 2. The molecule has 0 heterocycles. The van der Waals surface area contributed by atoms with Gasteiger partial charge in [0.15, 0.2) is 0 Å². The fourth-order valence-electron chi connectivity index (χ4n) is 1.56. The number of benzene rings is 1. The maximum Gasteiger partial charge on any atom is 0.0591 e. The van der Waals surface area contributed by atoms with Crippen molar-refractivity contribution in [3.05, 3.63) is 32.7 Å². The topological polar surface area (TPSA) is 21.3 Å². The van der Waals surface area contributed by atoms with Crippen LogP contribution in [-0.4, -0.2) is 19.8 Å². The van der Waals surface area contributed by atoms with Gasteiger partial charge in [-0.05, 0) is 68.3 Å². The van der Waals surface area contributed by atoms with Crippen LogP contribution in [0.1, 0.15) is 18.4 Å². The Balaban J connectivity index is 1.58. The zero-order chi connectivity index (χ0) is 12.1. The van der Waals surface area contributed by atoms with E-state index in [-0.39, 0.29) is 0 Å². The largest absolute Gasteiger partial charge is 0.380 e. The molecule has 94 valence electrons. The third-order valence-corrected chi connectivity index (χ3v) is 4.67. The van der Waals surface area contributed by atoms with E-state index >= 15 is 0 Å². The lowest BCUT2D eigenvalue weighted by Crippen LogP contribution is -2.19. The molecule has 0 radical (unpaired) electrons. The van der Waals surface area contributed by atoms with Crippen LogP contribution in [0, 0.1) is 5.92 Å². The summed E-state index contributed by atoms with van der Waals surface area (Å²) in [5.74, 6) is 0.859. The molecule has 1 aromatic carbocycles. The molecule has 0 unspecified atom stereocenters. The summed E-state index contributed by atoms with van der Waals surface area (Å²) < 4.78 is 7.75. The van der Waals surface area contributed by atoms with Crippen molar-refractivity contribution in [2.75, 3.05) is 19.8 Å². The molecule has 2 rings (SSSR count). The van der Waals surface area contributed by atoms with Crippen LogP contribution in [-0.2, 0) is 11.3 Å². The summed E-state index contributed by atoms with van der Waals surface area (Å²) in [6, 6.07) is 6.31. The molecule has 0 atom stereocenters. The fourth-order valence-corrected chi connectivity index (χ4v) is 2.23. The monoisotopic (exact) mass is 361 g/mol. The molecule has 17 heavy (non-hydrogen) atoms. The smallest absolute Gasteiger partial charge is 0.0591 e. The van der Waals surface area contributed by atoms with E-state index in [9.17, 15) is 0 Å². The van der Waals surface area contributed by atoms with Gasteiger partial charge in [0.2, 0.25) is 0 Å². The van der Waals surface area contributed by atoms with E-state index in [0.717, 1.165) is 41.2 Å². The van der Waals surface area contributed by atoms with Crippen molar-refractivity contribution < 1.29 is 4.74 Å². The minimum absolute atomic E-state index is 0.814. The average molecular weight is 363 g/mol. The number of halogens is 2. The van der Waals surface area contributed by atoms with Gasteiger partial charge in [-0.2, -0.15) is 0 Å². The van der Waals surface area contributed by atoms with Crippen LogP contribution in [0.15, 0.2) is 27.1 Å². The molecule has 1 aromatic rings. The Morgan fingerprint density at radius 1 is 1.24 bits per heavy atom. The molecule has 2 nitrogen and oxygen atoms in total. The Kier molecular flexibility index (Phi) is 5.48.